The lowest BCUT2D eigenvalue weighted by Gasteiger charge is -2.08. The Bertz CT molecular complexity index is 565. The van der Waals surface area contributed by atoms with Crippen molar-refractivity contribution in [3.05, 3.63) is 28.8 Å². The fourth-order valence-corrected chi connectivity index (χ4v) is 2.22. The Morgan fingerprint density at radius 1 is 1.06 bits per heavy atom. The molecule has 3 N–H and O–H groups in total. The van der Waals surface area contributed by atoms with Crippen molar-refractivity contribution < 1.29 is 32.8 Å². The van der Waals surface area contributed by atoms with E-state index in [0.717, 1.165) is 12.1 Å². The summed E-state index contributed by atoms with van der Waals surface area (Å²) < 4.78 is 30.9. The van der Waals surface area contributed by atoms with Crippen LogP contribution in [-0.4, -0.2) is 35.1 Å². The van der Waals surface area contributed by atoms with Gasteiger partial charge in [-0.15, -0.1) is 0 Å². The van der Waals surface area contributed by atoms with Gasteiger partial charge in [-0.05, 0) is 24.6 Å². The second kappa shape index (κ2) is 4.15. The molecule has 0 heterocycles. The summed E-state index contributed by atoms with van der Waals surface area (Å²) in [5, 5.41) is 17.6. The molecule has 0 amide bonds. The second-order valence-corrected chi connectivity index (χ2v) is 4.63. The van der Waals surface area contributed by atoms with Crippen LogP contribution in [0.2, 0.25) is 0 Å². The van der Waals surface area contributed by atoms with Gasteiger partial charge < -0.3 is 10.2 Å². The highest BCUT2D eigenvalue weighted by molar-refractivity contribution is 7.86. The number of aromatic carboxylic acids is 2. The average molecular weight is 260 g/mol. The van der Waals surface area contributed by atoms with Crippen molar-refractivity contribution in [3.8, 4) is 0 Å². The van der Waals surface area contributed by atoms with E-state index in [9.17, 15) is 18.0 Å². The molecule has 0 saturated heterocycles. The van der Waals surface area contributed by atoms with Crippen molar-refractivity contribution in [2.24, 2.45) is 0 Å². The van der Waals surface area contributed by atoms with Gasteiger partial charge in [0.15, 0.2) is 0 Å². The van der Waals surface area contributed by atoms with Crippen LogP contribution in [0.3, 0.4) is 0 Å². The number of carbonyl (C=O) groups is 2. The van der Waals surface area contributed by atoms with E-state index in [2.05, 4.69) is 0 Å². The summed E-state index contributed by atoms with van der Waals surface area (Å²) in [6, 6.07) is 1.94. The Hall–Kier alpha value is -1.93. The van der Waals surface area contributed by atoms with Crippen molar-refractivity contribution in [2.75, 3.05) is 0 Å². The van der Waals surface area contributed by atoms with Crippen LogP contribution in [0.15, 0.2) is 17.0 Å². The van der Waals surface area contributed by atoms with E-state index >= 15 is 0 Å². The van der Waals surface area contributed by atoms with Crippen molar-refractivity contribution in [1.29, 1.82) is 0 Å². The van der Waals surface area contributed by atoms with Crippen LogP contribution in [-0.2, 0) is 10.1 Å². The molecule has 0 unspecified atom stereocenters. The highest BCUT2D eigenvalue weighted by Gasteiger charge is 2.27. The molecule has 0 aliphatic rings. The Labute approximate surface area is 96.1 Å². The van der Waals surface area contributed by atoms with Gasteiger partial charge in [-0.3, -0.25) is 4.55 Å². The average Bonchev–Trinajstić information content (AvgIpc) is 2.14. The molecule has 92 valence electrons. The number of hydrogen-bond acceptors (Lipinski definition) is 4. The first-order valence-corrected chi connectivity index (χ1v) is 5.67. The highest BCUT2D eigenvalue weighted by atomic mass is 32.2. The Balaban J connectivity index is 3.85. The zero-order valence-electron chi connectivity index (χ0n) is 8.54. The first-order valence-electron chi connectivity index (χ1n) is 4.23. The number of carboxylic acids is 2. The number of hydrogen-bond donors (Lipinski definition) is 3. The summed E-state index contributed by atoms with van der Waals surface area (Å²) in [6.45, 7) is 1.41. The van der Waals surface area contributed by atoms with Gasteiger partial charge in [0.1, 0.15) is 4.90 Å². The van der Waals surface area contributed by atoms with Gasteiger partial charge in [0.25, 0.3) is 10.1 Å². The maximum Gasteiger partial charge on any atom is 0.337 e. The normalized spacial score (nSPS) is 11.2. The Kier molecular flexibility index (Phi) is 3.21. The van der Waals surface area contributed by atoms with Crippen LogP contribution in [0.25, 0.3) is 0 Å². The molecule has 0 saturated carbocycles. The third-order valence-electron chi connectivity index (χ3n) is 1.95. The van der Waals surface area contributed by atoms with Crippen molar-refractivity contribution in [3.63, 3.8) is 0 Å². The fourth-order valence-electron chi connectivity index (χ4n) is 1.37. The molecule has 0 aliphatic carbocycles. The van der Waals surface area contributed by atoms with Gasteiger partial charge in [-0.2, -0.15) is 8.42 Å². The molecule has 1 rings (SSSR count). The molecular weight excluding hydrogens is 252 g/mol. The maximum atomic E-state index is 11.0. The first kappa shape index (κ1) is 13.1. The molecule has 0 aliphatic heterocycles. The molecule has 7 nitrogen and oxygen atoms in total. The summed E-state index contributed by atoms with van der Waals surface area (Å²) in [5.74, 6) is -3.27. The fraction of sp³-hybridized carbons (Fsp3) is 0.111. The smallest absolute Gasteiger partial charge is 0.337 e. The lowest BCUT2D eigenvalue weighted by atomic mass is 10.1. The maximum absolute atomic E-state index is 11.0. The van der Waals surface area contributed by atoms with E-state index in [1.165, 1.54) is 6.92 Å². The zero-order chi connectivity index (χ0) is 13.4. The van der Waals surface area contributed by atoms with Gasteiger partial charge in [-0.25, -0.2) is 9.59 Å². The van der Waals surface area contributed by atoms with Gasteiger partial charge in [0.05, 0.1) is 11.1 Å². The van der Waals surface area contributed by atoms with Crippen LogP contribution in [0.4, 0.5) is 0 Å². The summed E-state index contributed by atoms with van der Waals surface area (Å²) in [4.78, 5) is 20.5. The number of carboxylic acid groups (broad SMARTS) is 2. The van der Waals surface area contributed by atoms with E-state index in [-0.39, 0.29) is 5.56 Å². The number of rotatable bonds is 3. The molecular formula is C9H8O7S. The Morgan fingerprint density at radius 2 is 1.41 bits per heavy atom. The minimum Gasteiger partial charge on any atom is -0.478 e. The van der Waals surface area contributed by atoms with Crippen molar-refractivity contribution in [1.82, 2.24) is 0 Å². The predicted molar refractivity (Wildman–Crippen MR) is 54.9 cm³/mol. The molecule has 1 aromatic rings. The third-order valence-corrected chi connectivity index (χ3v) is 2.91. The molecule has 0 spiro atoms. The lowest BCUT2D eigenvalue weighted by Crippen LogP contribution is -2.15. The van der Waals surface area contributed by atoms with E-state index in [1.807, 2.05) is 0 Å². The molecule has 8 heteroatoms. The summed E-state index contributed by atoms with van der Waals surface area (Å²) in [6.07, 6.45) is 0. The van der Waals surface area contributed by atoms with E-state index in [4.69, 9.17) is 14.8 Å². The first-order chi connectivity index (χ1) is 7.64. The molecule has 0 radical (unpaired) electrons. The molecule has 0 fully saturated rings. The standard InChI is InChI=1S/C9H8O7S/c1-4-2-5(8(10)11)7(17(14,15)16)6(3-4)9(12)13/h2-3H,1H3,(H,10,11)(H,12,13)(H,14,15,16). The number of benzene rings is 1. The van der Waals surface area contributed by atoms with Crippen LogP contribution >= 0.6 is 0 Å². The van der Waals surface area contributed by atoms with Crippen molar-refractivity contribution in [2.45, 2.75) is 11.8 Å². The Morgan fingerprint density at radius 3 is 1.65 bits per heavy atom. The minimum absolute atomic E-state index is 0.257. The molecule has 0 bridgehead atoms. The summed E-state index contributed by atoms with van der Waals surface area (Å²) in [5.41, 5.74) is -1.29. The molecule has 0 aromatic heterocycles. The zero-order valence-corrected chi connectivity index (χ0v) is 9.35. The summed E-state index contributed by atoms with van der Waals surface area (Å²) >= 11 is 0. The summed E-state index contributed by atoms with van der Waals surface area (Å²) in [7, 11) is -4.93. The second-order valence-electron chi connectivity index (χ2n) is 3.27. The highest BCUT2D eigenvalue weighted by Crippen LogP contribution is 2.23. The van der Waals surface area contributed by atoms with E-state index in [1.54, 1.807) is 0 Å². The SMILES string of the molecule is Cc1cc(C(=O)O)c(S(=O)(=O)O)c(C(=O)O)c1. The molecule has 0 atom stereocenters. The minimum atomic E-state index is -4.93. The number of aryl methyl sites for hydroxylation is 1. The van der Waals surface area contributed by atoms with Crippen LogP contribution in [0.1, 0.15) is 26.3 Å². The van der Waals surface area contributed by atoms with E-state index < -0.39 is 38.1 Å². The quantitative estimate of drug-likeness (QED) is 0.680. The van der Waals surface area contributed by atoms with Gasteiger partial charge in [0, 0.05) is 0 Å². The molecule has 1 aromatic carbocycles. The van der Waals surface area contributed by atoms with Crippen LogP contribution in [0, 0.1) is 6.92 Å². The third kappa shape index (κ3) is 2.60. The monoisotopic (exact) mass is 260 g/mol. The van der Waals surface area contributed by atoms with Crippen molar-refractivity contribution >= 4 is 22.1 Å². The van der Waals surface area contributed by atoms with E-state index in [0.29, 0.717) is 0 Å². The predicted octanol–water partition coefficient (Wildman–Crippen LogP) is 0.638. The van der Waals surface area contributed by atoms with Crippen LogP contribution < -0.4 is 0 Å². The van der Waals surface area contributed by atoms with Gasteiger partial charge >= 0.3 is 11.9 Å². The van der Waals surface area contributed by atoms with Gasteiger partial charge in [0.2, 0.25) is 0 Å². The van der Waals surface area contributed by atoms with Crippen LogP contribution in [0.5, 0.6) is 0 Å². The topological polar surface area (TPSA) is 129 Å². The lowest BCUT2D eigenvalue weighted by molar-refractivity contribution is 0.0688. The van der Waals surface area contributed by atoms with Gasteiger partial charge in [-0.1, -0.05) is 0 Å². The molecule has 17 heavy (non-hydrogen) atoms. The largest absolute Gasteiger partial charge is 0.478 e.